The maximum atomic E-state index is 3.44. The van der Waals surface area contributed by atoms with Crippen LogP contribution in [0.2, 0.25) is 0 Å². The summed E-state index contributed by atoms with van der Waals surface area (Å²) < 4.78 is 0. The van der Waals surface area contributed by atoms with Crippen LogP contribution in [0.25, 0.3) is 0 Å². The molecule has 0 aliphatic carbocycles. The van der Waals surface area contributed by atoms with Crippen LogP contribution in [0.5, 0.6) is 0 Å². The summed E-state index contributed by atoms with van der Waals surface area (Å²) in [5.74, 6) is 0. The van der Waals surface area contributed by atoms with Crippen LogP contribution in [0.4, 0.5) is 5.69 Å². The first kappa shape index (κ1) is 8.57. The fourth-order valence-corrected chi connectivity index (χ4v) is 1.89. The second-order valence-electron chi connectivity index (χ2n) is 3.71. The molecule has 70 valence electrons. The Morgan fingerprint density at radius 2 is 2.00 bits per heavy atom. The van der Waals surface area contributed by atoms with Gasteiger partial charge in [0, 0.05) is 25.3 Å². The summed E-state index contributed by atoms with van der Waals surface area (Å²) in [5, 5.41) is 6.85. The third kappa shape index (κ3) is 1.68. The molecular weight excluding hydrogens is 160 g/mol. The van der Waals surface area contributed by atoms with Crippen LogP contribution in [0, 0.1) is 13.8 Å². The van der Waals surface area contributed by atoms with E-state index in [9.17, 15) is 0 Å². The molecule has 1 aromatic rings. The smallest absolute Gasteiger partial charge is 0.0391 e. The average Bonchev–Trinajstić information content (AvgIpc) is 2.28. The van der Waals surface area contributed by atoms with Crippen LogP contribution in [0.3, 0.4) is 0 Å². The van der Waals surface area contributed by atoms with Crippen LogP contribution < -0.4 is 10.6 Å². The molecule has 0 radical (unpaired) electrons. The Kier molecular flexibility index (Phi) is 2.23. The molecular formula is C11H16N2. The van der Waals surface area contributed by atoms with Gasteiger partial charge in [-0.25, -0.2) is 0 Å². The van der Waals surface area contributed by atoms with E-state index in [0.29, 0.717) is 0 Å². The molecule has 0 atom stereocenters. The van der Waals surface area contributed by atoms with Gasteiger partial charge in [0.05, 0.1) is 0 Å². The molecule has 0 amide bonds. The van der Waals surface area contributed by atoms with E-state index < -0.39 is 0 Å². The molecule has 0 aromatic heterocycles. The van der Waals surface area contributed by atoms with Gasteiger partial charge in [-0.05, 0) is 36.6 Å². The quantitative estimate of drug-likeness (QED) is 0.630. The van der Waals surface area contributed by atoms with Gasteiger partial charge in [-0.2, -0.15) is 0 Å². The Hall–Kier alpha value is -1.02. The molecule has 13 heavy (non-hydrogen) atoms. The Labute approximate surface area is 79.4 Å². The number of anilines is 1. The molecule has 2 nitrogen and oxygen atoms in total. The van der Waals surface area contributed by atoms with E-state index in [2.05, 4.69) is 36.6 Å². The lowest BCUT2D eigenvalue weighted by atomic mass is 10.0. The van der Waals surface area contributed by atoms with E-state index in [4.69, 9.17) is 0 Å². The van der Waals surface area contributed by atoms with Gasteiger partial charge < -0.3 is 10.6 Å². The summed E-state index contributed by atoms with van der Waals surface area (Å²) in [4.78, 5) is 0. The highest BCUT2D eigenvalue weighted by Crippen LogP contribution is 2.22. The lowest BCUT2D eigenvalue weighted by Crippen LogP contribution is -2.17. The number of fused-ring (bicyclic) bond motifs is 1. The fraction of sp³-hybridized carbons (Fsp3) is 0.455. The van der Waals surface area contributed by atoms with Crippen LogP contribution in [-0.2, 0) is 6.54 Å². The highest BCUT2D eigenvalue weighted by Gasteiger charge is 2.08. The van der Waals surface area contributed by atoms with E-state index >= 15 is 0 Å². The Morgan fingerprint density at radius 3 is 2.85 bits per heavy atom. The van der Waals surface area contributed by atoms with Gasteiger partial charge in [0.15, 0.2) is 0 Å². The molecule has 1 heterocycles. The van der Waals surface area contributed by atoms with Crippen molar-refractivity contribution in [3.63, 3.8) is 0 Å². The normalized spacial score (nSPS) is 15.8. The Bertz CT molecular complexity index is 318. The van der Waals surface area contributed by atoms with Crippen molar-refractivity contribution in [1.29, 1.82) is 0 Å². The van der Waals surface area contributed by atoms with E-state index in [-0.39, 0.29) is 0 Å². The Morgan fingerprint density at radius 1 is 1.15 bits per heavy atom. The summed E-state index contributed by atoms with van der Waals surface area (Å²) in [6.45, 7) is 7.39. The van der Waals surface area contributed by atoms with Gasteiger partial charge in [0.25, 0.3) is 0 Å². The van der Waals surface area contributed by atoms with Crippen LogP contribution >= 0.6 is 0 Å². The van der Waals surface area contributed by atoms with Gasteiger partial charge in [-0.15, -0.1) is 0 Å². The monoisotopic (exact) mass is 176 g/mol. The van der Waals surface area contributed by atoms with Crippen molar-refractivity contribution in [1.82, 2.24) is 5.32 Å². The predicted molar refractivity (Wildman–Crippen MR) is 56.1 cm³/mol. The first-order valence-electron chi connectivity index (χ1n) is 4.82. The van der Waals surface area contributed by atoms with Gasteiger partial charge >= 0.3 is 0 Å². The minimum Gasteiger partial charge on any atom is -0.383 e. The molecule has 0 spiro atoms. The lowest BCUT2D eigenvalue weighted by Gasteiger charge is -2.11. The summed E-state index contributed by atoms with van der Waals surface area (Å²) in [6.07, 6.45) is 0. The summed E-state index contributed by atoms with van der Waals surface area (Å²) in [7, 11) is 0. The number of hydrogen-bond acceptors (Lipinski definition) is 2. The molecule has 2 heteroatoms. The summed E-state index contributed by atoms with van der Waals surface area (Å²) >= 11 is 0. The predicted octanol–water partition coefficient (Wildman–Crippen LogP) is 1.82. The van der Waals surface area contributed by atoms with Gasteiger partial charge in [-0.1, -0.05) is 6.07 Å². The van der Waals surface area contributed by atoms with Crippen molar-refractivity contribution < 1.29 is 0 Å². The van der Waals surface area contributed by atoms with Crippen molar-refractivity contribution in [2.45, 2.75) is 20.4 Å². The second kappa shape index (κ2) is 3.38. The molecule has 0 saturated heterocycles. The van der Waals surface area contributed by atoms with Crippen molar-refractivity contribution in [2.24, 2.45) is 0 Å². The summed E-state index contributed by atoms with van der Waals surface area (Å²) in [5.41, 5.74) is 5.45. The SMILES string of the molecule is Cc1cc(C)c2c(c1)NCCNC2. The fourth-order valence-electron chi connectivity index (χ4n) is 1.89. The maximum Gasteiger partial charge on any atom is 0.0391 e. The van der Waals surface area contributed by atoms with Crippen LogP contribution in [0.1, 0.15) is 16.7 Å². The number of nitrogens with one attached hydrogen (secondary N) is 2. The zero-order valence-electron chi connectivity index (χ0n) is 8.28. The van der Waals surface area contributed by atoms with Gasteiger partial charge in [0.1, 0.15) is 0 Å². The molecule has 0 bridgehead atoms. The Balaban J connectivity index is 2.47. The number of aryl methyl sites for hydroxylation is 2. The van der Waals surface area contributed by atoms with Crippen molar-refractivity contribution in [3.05, 3.63) is 28.8 Å². The highest BCUT2D eigenvalue weighted by atomic mass is 15.0. The molecule has 0 saturated carbocycles. The molecule has 0 unspecified atom stereocenters. The number of rotatable bonds is 0. The number of benzene rings is 1. The van der Waals surface area contributed by atoms with E-state index in [1.165, 1.54) is 22.4 Å². The first-order chi connectivity index (χ1) is 6.27. The zero-order chi connectivity index (χ0) is 9.26. The highest BCUT2D eigenvalue weighted by molar-refractivity contribution is 5.57. The molecule has 0 fully saturated rings. The summed E-state index contributed by atoms with van der Waals surface area (Å²) in [6, 6.07) is 4.48. The van der Waals surface area contributed by atoms with Crippen LogP contribution in [-0.4, -0.2) is 13.1 Å². The lowest BCUT2D eigenvalue weighted by molar-refractivity contribution is 0.723. The third-order valence-corrected chi connectivity index (χ3v) is 2.54. The topological polar surface area (TPSA) is 24.1 Å². The zero-order valence-corrected chi connectivity index (χ0v) is 8.28. The molecule has 2 rings (SSSR count). The minimum absolute atomic E-state index is 0.994. The average molecular weight is 176 g/mol. The van der Waals surface area contributed by atoms with Gasteiger partial charge in [0.2, 0.25) is 0 Å². The largest absolute Gasteiger partial charge is 0.383 e. The second-order valence-corrected chi connectivity index (χ2v) is 3.71. The number of hydrogen-bond donors (Lipinski definition) is 2. The molecule has 1 aliphatic rings. The first-order valence-corrected chi connectivity index (χ1v) is 4.82. The molecule has 1 aliphatic heterocycles. The molecule has 1 aromatic carbocycles. The standard InChI is InChI=1S/C11H16N2/c1-8-5-9(2)10-7-12-3-4-13-11(10)6-8/h5-6,12-13H,3-4,7H2,1-2H3. The van der Waals surface area contributed by atoms with Gasteiger partial charge in [-0.3, -0.25) is 0 Å². The maximum absolute atomic E-state index is 3.44. The minimum atomic E-state index is 0.994. The van der Waals surface area contributed by atoms with Crippen molar-refractivity contribution in [2.75, 3.05) is 18.4 Å². The molecule has 2 N–H and O–H groups in total. The van der Waals surface area contributed by atoms with E-state index in [1.807, 2.05) is 0 Å². The van der Waals surface area contributed by atoms with E-state index in [0.717, 1.165) is 19.6 Å². The van der Waals surface area contributed by atoms with Crippen LogP contribution in [0.15, 0.2) is 12.1 Å². The third-order valence-electron chi connectivity index (χ3n) is 2.54. The van der Waals surface area contributed by atoms with Crippen molar-refractivity contribution >= 4 is 5.69 Å². The van der Waals surface area contributed by atoms with E-state index in [1.54, 1.807) is 0 Å². The van der Waals surface area contributed by atoms with Crippen molar-refractivity contribution in [3.8, 4) is 0 Å².